The molecule has 4 unspecified atom stereocenters. The zero-order chi connectivity index (χ0) is 25.4. The molecule has 7 nitrogen and oxygen atoms in total. The van der Waals surface area contributed by atoms with Crippen LogP contribution in [0.4, 0.5) is 14.9 Å². The number of anilines is 1. The summed E-state index contributed by atoms with van der Waals surface area (Å²) in [4.78, 5) is 41.4. The van der Waals surface area contributed by atoms with Crippen LogP contribution >= 0.6 is 0 Å². The van der Waals surface area contributed by atoms with Gasteiger partial charge in [-0.25, -0.2) is 9.18 Å². The topological polar surface area (TPSA) is 87.2 Å². The lowest BCUT2D eigenvalue weighted by molar-refractivity contribution is -0.142. The number of nitrogens with zero attached hydrogens (tertiary/aromatic N) is 2. The van der Waals surface area contributed by atoms with Crippen LogP contribution in [0.15, 0.2) is 48.5 Å². The van der Waals surface area contributed by atoms with Crippen LogP contribution in [0.2, 0.25) is 0 Å². The van der Waals surface area contributed by atoms with Crippen LogP contribution in [-0.4, -0.2) is 40.1 Å². The number of hydrogen-bond donors (Lipinski definition) is 1. The molecule has 2 amide bonds. The minimum absolute atomic E-state index is 0.0306. The van der Waals surface area contributed by atoms with Crippen LogP contribution in [0.3, 0.4) is 0 Å². The predicted molar refractivity (Wildman–Crippen MR) is 131 cm³/mol. The summed E-state index contributed by atoms with van der Waals surface area (Å²) in [5, 5.41) is 9.13. The van der Waals surface area contributed by atoms with E-state index in [1.807, 2.05) is 42.2 Å². The summed E-state index contributed by atoms with van der Waals surface area (Å²) in [5.41, 5.74) is 2.02. The SMILES string of the molecule is CC(OC(=O)N1c2cc(F)ccc2C(N(C(=O)CCC(=O)O)C2CC2)C2CCCC21)c1ccccc1. The molecule has 2 aromatic carbocycles. The highest BCUT2D eigenvalue weighted by atomic mass is 19.1. The maximum atomic E-state index is 14.5. The van der Waals surface area contributed by atoms with E-state index >= 15 is 0 Å². The van der Waals surface area contributed by atoms with E-state index in [9.17, 15) is 18.8 Å². The van der Waals surface area contributed by atoms with E-state index < -0.39 is 24.0 Å². The zero-order valence-electron chi connectivity index (χ0n) is 20.3. The largest absolute Gasteiger partial charge is 0.481 e. The van der Waals surface area contributed by atoms with Crippen LogP contribution < -0.4 is 4.90 Å². The number of amides is 2. The highest BCUT2D eigenvalue weighted by molar-refractivity contribution is 5.91. The summed E-state index contributed by atoms with van der Waals surface area (Å²) in [7, 11) is 0. The molecule has 190 valence electrons. The number of fused-ring (bicyclic) bond motifs is 2. The molecule has 1 heterocycles. The molecule has 4 atom stereocenters. The van der Waals surface area contributed by atoms with Gasteiger partial charge in [-0.3, -0.25) is 14.5 Å². The van der Waals surface area contributed by atoms with Gasteiger partial charge in [0.1, 0.15) is 11.9 Å². The molecule has 1 N–H and O–H groups in total. The lowest BCUT2D eigenvalue weighted by Gasteiger charge is -2.47. The van der Waals surface area contributed by atoms with Gasteiger partial charge in [0, 0.05) is 24.4 Å². The molecule has 3 aliphatic rings. The Balaban J connectivity index is 1.50. The van der Waals surface area contributed by atoms with E-state index in [-0.39, 0.29) is 42.8 Å². The number of aliphatic carboxylic acids is 1. The van der Waals surface area contributed by atoms with Crippen LogP contribution in [0.5, 0.6) is 0 Å². The maximum Gasteiger partial charge on any atom is 0.415 e. The summed E-state index contributed by atoms with van der Waals surface area (Å²) in [6.07, 6.45) is 2.85. The van der Waals surface area contributed by atoms with Gasteiger partial charge in [-0.2, -0.15) is 0 Å². The van der Waals surface area contributed by atoms with Gasteiger partial charge in [-0.15, -0.1) is 0 Å². The summed E-state index contributed by atoms with van der Waals surface area (Å²) in [5.74, 6) is -1.70. The fraction of sp³-hybridized carbons (Fsp3) is 0.464. The van der Waals surface area contributed by atoms with Gasteiger partial charge in [0.25, 0.3) is 0 Å². The van der Waals surface area contributed by atoms with Crippen molar-refractivity contribution in [3.8, 4) is 0 Å². The fourth-order valence-electron chi connectivity index (χ4n) is 5.91. The second-order valence-corrected chi connectivity index (χ2v) is 10.0. The van der Waals surface area contributed by atoms with Crippen molar-refractivity contribution < 1.29 is 28.6 Å². The van der Waals surface area contributed by atoms with E-state index in [1.54, 1.807) is 11.0 Å². The summed E-state index contributed by atoms with van der Waals surface area (Å²) >= 11 is 0. The first-order valence-corrected chi connectivity index (χ1v) is 12.7. The molecule has 2 saturated carbocycles. The number of ether oxygens (including phenoxy) is 1. The van der Waals surface area contributed by atoms with Crippen molar-refractivity contribution in [3.05, 3.63) is 65.5 Å². The quantitative estimate of drug-likeness (QED) is 0.541. The van der Waals surface area contributed by atoms with E-state index in [4.69, 9.17) is 9.84 Å². The number of carboxylic acid groups (broad SMARTS) is 1. The standard InChI is InChI=1S/C28H31FN2O5/c1-17(18-6-3-2-4-7-18)36-28(35)31-23-9-5-8-21(23)27(22-13-10-19(29)16-24(22)31)30(20-11-12-20)25(32)14-15-26(33)34/h2-4,6-7,10,13,16-17,20-21,23,27H,5,8-9,11-12,14-15H2,1H3,(H,33,34). The van der Waals surface area contributed by atoms with Gasteiger partial charge in [-0.1, -0.05) is 42.8 Å². The molecule has 2 fully saturated rings. The van der Waals surface area contributed by atoms with Crippen molar-refractivity contribution in [3.63, 3.8) is 0 Å². The highest BCUT2D eigenvalue weighted by Gasteiger charge is 2.52. The van der Waals surface area contributed by atoms with Crippen molar-refractivity contribution in [2.45, 2.75) is 76.1 Å². The van der Waals surface area contributed by atoms with E-state index in [0.717, 1.165) is 43.2 Å². The molecule has 0 spiro atoms. The van der Waals surface area contributed by atoms with Gasteiger partial charge >= 0.3 is 12.1 Å². The first-order chi connectivity index (χ1) is 17.3. The number of carbonyl (C=O) groups excluding carboxylic acids is 2. The Labute approximate surface area is 209 Å². The average molecular weight is 495 g/mol. The third-order valence-electron chi connectivity index (χ3n) is 7.66. The lowest BCUT2D eigenvalue weighted by atomic mass is 9.81. The molecule has 0 radical (unpaired) electrons. The Kier molecular flexibility index (Phi) is 6.69. The minimum Gasteiger partial charge on any atom is -0.481 e. The molecule has 0 saturated heterocycles. The number of hydrogen-bond acceptors (Lipinski definition) is 4. The van der Waals surface area contributed by atoms with Crippen LogP contribution in [0.1, 0.15) is 75.1 Å². The van der Waals surface area contributed by atoms with Gasteiger partial charge in [0.15, 0.2) is 0 Å². The zero-order valence-corrected chi connectivity index (χ0v) is 20.3. The molecule has 1 aliphatic heterocycles. The Bertz CT molecular complexity index is 1150. The first kappa shape index (κ1) is 24.3. The first-order valence-electron chi connectivity index (χ1n) is 12.7. The van der Waals surface area contributed by atoms with Crippen molar-refractivity contribution in [1.82, 2.24) is 4.90 Å². The van der Waals surface area contributed by atoms with Crippen molar-refractivity contribution >= 4 is 23.7 Å². The van der Waals surface area contributed by atoms with Crippen LogP contribution in [-0.2, 0) is 14.3 Å². The second kappa shape index (κ2) is 9.91. The minimum atomic E-state index is -1.01. The molecule has 2 aromatic rings. The molecule has 2 aliphatic carbocycles. The molecular formula is C28H31FN2O5. The molecule has 5 rings (SSSR count). The number of carbonyl (C=O) groups is 3. The predicted octanol–water partition coefficient (Wildman–Crippen LogP) is 5.61. The molecule has 0 bridgehead atoms. The van der Waals surface area contributed by atoms with E-state index in [1.165, 1.54) is 12.1 Å². The van der Waals surface area contributed by atoms with Crippen LogP contribution in [0, 0.1) is 11.7 Å². The Hall–Kier alpha value is -3.42. The summed E-state index contributed by atoms with van der Waals surface area (Å²) < 4.78 is 20.4. The van der Waals surface area contributed by atoms with E-state index in [2.05, 4.69) is 0 Å². The average Bonchev–Trinajstić information content (AvgIpc) is 3.58. The maximum absolute atomic E-state index is 14.5. The number of benzene rings is 2. The third kappa shape index (κ3) is 4.68. The summed E-state index contributed by atoms with van der Waals surface area (Å²) in [6.45, 7) is 1.81. The van der Waals surface area contributed by atoms with Crippen molar-refractivity contribution in [2.75, 3.05) is 4.90 Å². The van der Waals surface area contributed by atoms with Gasteiger partial charge in [0.05, 0.1) is 18.2 Å². The fourth-order valence-corrected chi connectivity index (χ4v) is 5.91. The molecule has 36 heavy (non-hydrogen) atoms. The summed E-state index contributed by atoms with van der Waals surface area (Å²) in [6, 6.07) is 13.4. The smallest absolute Gasteiger partial charge is 0.415 e. The van der Waals surface area contributed by atoms with Gasteiger partial charge < -0.3 is 14.7 Å². The Morgan fingerprint density at radius 1 is 1.08 bits per heavy atom. The highest BCUT2D eigenvalue weighted by Crippen LogP contribution is 2.53. The second-order valence-electron chi connectivity index (χ2n) is 10.0. The molecule has 8 heteroatoms. The van der Waals surface area contributed by atoms with Crippen molar-refractivity contribution in [2.24, 2.45) is 5.92 Å². The van der Waals surface area contributed by atoms with Crippen molar-refractivity contribution in [1.29, 1.82) is 0 Å². The monoisotopic (exact) mass is 494 g/mol. The lowest BCUT2D eigenvalue weighted by Crippen LogP contribution is -2.53. The number of halogens is 1. The van der Waals surface area contributed by atoms with Gasteiger partial charge in [0.2, 0.25) is 5.91 Å². The van der Waals surface area contributed by atoms with Gasteiger partial charge in [-0.05, 0) is 55.9 Å². The molecule has 0 aromatic heterocycles. The Morgan fingerprint density at radius 2 is 1.83 bits per heavy atom. The van der Waals surface area contributed by atoms with E-state index in [0.29, 0.717) is 5.69 Å². The Morgan fingerprint density at radius 3 is 2.53 bits per heavy atom. The number of rotatable bonds is 7. The third-order valence-corrected chi connectivity index (χ3v) is 7.66. The van der Waals surface area contributed by atoms with Crippen LogP contribution in [0.25, 0.3) is 0 Å². The number of carboxylic acids is 1. The molecular weight excluding hydrogens is 463 g/mol. The normalized spacial score (nSPS) is 23.4.